The molecule has 0 spiro atoms. The topological polar surface area (TPSA) is 79.4 Å². The van der Waals surface area contributed by atoms with E-state index in [-0.39, 0.29) is 17.8 Å². The maximum atomic E-state index is 13.8. The van der Waals surface area contributed by atoms with E-state index >= 15 is 0 Å². The summed E-state index contributed by atoms with van der Waals surface area (Å²) in [5.74, 6) is -0.363. The monoisotopic (exact) mass is 377 g/mol. The van der Waals surface area contributed by atoms with Gasteiger partial charge in [0.2, 0.25) is 0 Å². The second kappa shape index (κ2) is 8.61. The van der Waals surface area contributed by atoms with Gasteiger partial charge in [0, 0.05) is 31.3 Å². The van der Waals surface area contributed by atoms with E-state index in [4.69, 9.17) is 4.74 Å². The molecule has 2 N–H and O–H groups in total. The molecule has 1 aromatic heterocycles. The molecule has 0 bridgehead atoms. The lowest BCUT2D eigenvalue weighted by Crippen LogP contribution is -2.42. The van der Waals surface area contributed by atoms with Crippen LogP contribution in [0.4, 0.5) is 30.9 Å². The first-order valence-electron chi connectivity index (χ1n) is 8.77. The van der Waals surface area contributed by atoms with Crippen molar-refractivity contribution < 1.29 is 18.3 Å². The molecular formula is C18H21F2N5O2. The van der Waals surface area contributed by atoms with Crippen molar-refractivity contribution in [1.82, 2.24) is 14.9 Å². The van der Waals surface area contributed by atoms with E-state index < -0.39 is 11.6 Å². The molecule has 7 nitrogen and oxygen atoms in total. The second-order valence-electron chi connectivity index (χ2n) is 6.14. The minimum absolute atomic E-state index is 0.129. The highest BCUT2D eigenvalue weighted by Crippen LogP contribution is 2.22. The van der Waals surface area contributed by atoms with Crippen molar-refractivity contribution in [1.29, 1.82) is 0 Å². The van der Waals surface area contributed by atoms with Crippen molar-refractivity contribution >= 4 is 23.4 Å². The van der Waals surface area contributed by atoms with E-state index in [0.29, 0.717) is 31.3 Å². The van der Waals surface area contributed by atoms with Crippen LogP contribution in [0.2, 0.25) is 0 Å². The van der Waals surface area contributed by atoms with E-state index in [9.17, 15) is 13.6 Å². The van der Waals surface area contributed by atoms with Gasteiger partial charge in [0.15, 0.2) is 0 Å². The first-order chi connectivity index (χ1) is 13.0. The zero-order valence-corrected chi connectivity index (χ0v) is 14.9. The Kier molecular flexibility index (Phi) is 6.00. The first-order valence-corrected chi connectivity index (χ1v) is 8.77. The largest absolute Gasteiger partial charge is 0.450 e. The molecular weight excluding hydrogens is 356 g/mol. The van der Waals surface area contributed by atoms with Gasteiger partial charge in [-0.05, 0) is 31.9 Å². The molecule has 144 valence electrons. The molecule has 3 rings (SSSR count). The van der Waals surface area contributed by atoms with Crippen LogP contribution in [0.25, 0.3) is 0 Å². The van der Waals surface area contributed by atoms with E-state index in [2.05, 4.69) is 20.6 Å². The van der Waals surface area contributed by atoms with E-state index in [0.717, 1.165) is 18.9 Å². The van der Waals surface area contributed by atoms with Crippen LogP contribution in [0.15, 0.2) is 30.6 Å². The summed E-state index contributed by atoms with van der Waals surface area (Å²) in [5.41, 5.74) is 0.129. The fourth-order valence-electron chi connectivity index (χ4n) is 2.86. The number of benzene rings is 1. The number of nitrogens with one attached hydrogen (secondary N) is 2. The molecule has 2 aromatic rings. The minimum Gasteiger partial charge on any atom is -0.450 e. The maximum absolute atomic E-state index is 13.8. The number of aromatic nitrogens is 2. The number of hydrogen-bond donors (Lipinski definition) is 2. The van der Waals surface area contributed by atoms with Crippen LogP contribution in [0.1, 0.15) is 19.8 Å². The van der Waals surface area contributed by atoms with E-state index in [1.54, 1.807) is 17.9 Å². The standard InChI is InChI=1S/C18H21F2N5O2/c1-2-27-18(26)25-7-5-13(6-8-25)23-16-10-17(22-11-21-16)24-15-4-3-12(19)9-14(15)20/h3-4,9-11,13H,2,5-8H2,1H3,(H2,21,22,23,24). The highest BCUT2D eigenvalue weighted by molar-refractivity contribution is 5.67. The van der Waals surface area contributed by atoms with Crippen LogP contribution < -0.4 is 10.6 Å². The van der Waals surface area contributed by atoms with Crippen LogP contribution in [0.3, 0.4) is 0 Å². The molecule has 0 unspecified atom stereocenters. The first kappa shape index (κ1) is 18.8. The van der Waals surface area contributed by atoms with Gasteiger partial charge in [-0.1, -0.05) is 0 Å². The zero-order chi connectivity index (χ0) is 19.2. The molecule has 1 aromatic carbocycles. The predicted molar refractivity (Wildman–Crippen MR) is 96.9 cm³/mol. The molecule has 1 fully saturated rings. The number of piperidine rings is 1. The lowest BCUT2D eigenvalue weighted by Gasteiger charge is -2.31. The zero-order valence-electron chi connectivity index (χ0n) is 14.9. The maximum Gasteiger partial charge on any atom is 0.409 e. The fourth-order valence-corrected chi connectivity index (χ4v) is 2.86. The second-order valence-corrected chi connectivity index (χ2v) is 6.14. The number of likely N-dealkylation sites (tertiary alicyclic amines) is 1. The minimum atomic E-state index is -0.700. The van der Waals surface area contributed by atoms with Gasteiger partial charge < -0.3 is 20.3 Å². The van der Waals surface area contributed by atoms with E-state index in [1.165, 1.54) is 18.5 Å². The Balaban J connectivity index is 1.57. The molecule has 0 aliphatic carbocycles. The van der Waals surface area contributed by atoms with Gasteiger partial charge in [0.25, 0.3) is 0 Å². The Morgan fingerprint density at radius 2 is 1.96 bits per heavy atom. The number of ether oxygens (including phenoxy) is 1. The number of anilines is 3. The number of halogens is 2. The van der Waals surface area contributed by atoms with Gasteiger partial charge >= 0.3 is 6.09 Å². The summed E-state index contributed by atoms with van der Waals surface area (Å²) in [6.07, 6.45) is 2.60. The SMILES string of the molecule is CCOC(=O)N1CCC(Nc2cc(Nc3ccc(F)cc3F)ncn2)CC1. The number of carbonyl (C=O) groups excluding carboxylic acids is 1. The third kappa shape index (κ3) is 5.02. The lowest BCUT2D eigenvalue weighted by molar-refractivity contribution is 0.0983. The number of amides is 1. The summed E-state index contributed by atoms with van der Waals surface area (Å²) in [6, 6.07) is 5.09. The molecule has 1 aliphatic heterocycles. The van der Waals surface area contributed by atoms with Crippen molar-refractivity contribution in [3.05, 3.63) is 42.2 Å². The average Bonchev–Trinajstić information content (AvgIpc) is 2.65. The Bertz CT molecular complexity index is 797. The highest BCUT2D eigenvalue weighted by atomic mass is 19.1. The van der Waals surface area contributed by atoms with Crippen LogP contribution in [0.5, 0.6) is 0 Å². The average molecular weight is 377 g/mol. The molecule has 1 aliphatic rings. The predicted octanol–water partition coefficient (Wildman–Crippen LogP) is 3.53. The molecule has 0 atom stereocenters. The molecule has 0 radical (unpaired) electrons. The molecule has 9 heteroatoms. The Hall–Kier alpha value is -2.97. The number of hydrogen-bond acceptors (Lipinski definition) is 6. The third-order valence-corrected chi connectivity index (χ3v) is 4.23. The quantitative estimate of drug-likeness (QED) is 0.830. The van der Waals surface area contributed by atoms with E-state index in [1.807, 2.05) is 0 Å². The number of rotatable bonds is 5. The van der Waals surface area contributed by atoms with Gasteiger partial charge in [-0.2, -0.15) is 0 Å². The van der Waals surface area contributed by atoms with Gasteiger partial charge in [-0.15, -0.1) is 0 Å². The lowest BCUT2D eigenvalue weighted by atomic mass is 10.1. The summed E-state index contributed by atoms with van der Waals surface area (Å²) in [5, 5.41) is 6.11. The van der Waals surface area contributed by atoms with Crippen LogP contribution in [-0.4, -0.2) is 46.7 Å². The van der Waals surface area contributed by atoms with Crippen molar-refractivity contribution in [2.75, 3.05) is 30.3 Å². The molecule has 1 saturated heterocycles. The Morgan fingerprint density at radius 1 is 1.22 bits per heavy atom. The van der Waals surface area contributed by atoms with Crippen molar-refractivity contribution in [3.8, 4) is 0 Å². The summed E-state index contributed by atoms with van der Waals surface area (Å²) in [4.78, 5) is 21.6. The summed E-state index contributed by atoms with van der Waals surface area (Å²) < 4.78 is 31.8. The van der Waals surface area contributed by atoms with Crippen molar-refractivity contribution in [2.24, 2.45) is 0 Å². The van der Waals surface area contributed by atoms with Crippen molar-refractivity contribution in [3.63, 3.8) is 0 Å². The van der Waals surface area contributed by atoms with Gasteiger partial charge in [-0.3, -0.25) is 0 Å². The third-order valence-electron chi connectivity index (χ3n) is 4.23. The highest BCUT2D eigenvalue weighted by Gasteiger charge is 2.23. The number of nitrogens with zero attached hydrogens (tertiary/aromatic N) is 3. The van der Waals surface area contributed by atoms with Gasteiger partial charge in [0.05, 0.1) is 12.3 Å². The fraction of sp³-hybridized carbons (Fsp3) is 0.389. The normalized spacial score (nSPS) is 14.7. The number of carbonyl (C=O) groups is 1. The molecule has 0 saturated carbocycles. The van der Waals surface area contributed by atoms with Gasteiger partial charge in [-0.25, -0.2) is 23.5 Å². The summed E-state index contributed by atoms with van der Waals surface area (Å²) in [7, 11) is 0. The smallest absolute Gasteiger partial charge is 0.409 e. The Morgan fingerprint density at radius 3 is 2.67 bits per heavy atom. The van der Waals surface area contributed by atoms with Crippen molar-refractivity contribution in [2.45, 2.75) is 25.8 Å². The molecule has 1 amide bonds. The molecule has 2 heterocycles. The summed E-state index contributed by atoms with van der Waals surface area (Å²) >= 11 is 0. The van der Waals surface area contributed by atoms with Gasteiger partial charge in [0.1, 0.15) is 29.6 Å². The molecule has 27 heavy (non-hydrogen) atoms. The summed E-state index contributed by atoms with van der Waals surface area (Å²) in [6.45, 7) is 3.36. The van der Waals surface area contributed by atoms with Crippen LogP contribution >= 0.6 is 0 Å². The van der Waals surface area contributed by atoms with Crippen LogP contribution in [0, 0.1) is 11.6 Å². The Labute approximate surface area is 155 Å². The van der Waals surface area contributed by atoms with Crippen LogP contribution in [-0.2, 0) is 4.74 Å².